The van der Waals surface area contributed by atoms with E-state index in [0.29, 0.717) is 16.4 Å². The third kappa shape index (κ3) is 5.27. The van der Waals surface area contributed by atoms with Crippen molar-refractivity contribution in [2.75, 3.05) is 16.2 Å². The van der Waals surface area contributed by atoms with Crippen LogP contribution < -0.4 is 9.62 Å². The Morgan fingerprint density at radius 2 is 1.48 bits per heavy atom. The summed E-state index contributed by atoms with van der Waals surface area (Å²) in [6, 6.07) is 17.3. The van der Waals surface area contributed by atoms with Crippen molar-refractivity contribution in [1.82, 2.24) is 0 Å². The lowest BCUT2D eigenvalue weighted by Gasteiger charge is -2.26. The average molecular weight is 457 g/mol. The number of sulfonamides is 1. The first-order chi connectivity index (χ1) is 14.6. The molecule has 0 heterocycles. The SMILES string of the molecule is Cc1ccc(S(=O)(=O)N(CC(=O)Nc2cc(Cl)ccc2C)c2cc(C)ccc2C)cc1. The van der Waals surface area contributed by atoms with Crippen molar-refractivity contribution in [3.63, 3.8) is 0 Å². The Kier molecular flexibility index (Phi) is 6.72. The maximum Gasteiger partial charge on any atom is 0.264 e. The zero-order valence-electron chi connectivity index (χ0n) is 17.9. The molecule has 3 aromatic carbocycles. The maximum atomic E-state index is 13.5. The molecule has 1 amide bonds. The van der Waals surface area contributed by atoms with Crippen molar-refractivity contribution in [1.29, 1.82) is 0 Å². The summed E-state index contributed by atoms with van der Waals surface area (Å²) in [5.74, 6) is -0.457. The standard InChI is InChI=1S/C24H25ClN2O3S/c1-16-6-11-21(12-7-16)31(29,30)27(23-13-17(2)5-8-19(23)4)15-24(28)26-22-14-20(25)10-9-18(22)3/h5-14H,15H2,1-4H3,(H,26,28). The van der Waals surface area contributed by atoms with Crippen molar-refractivity contribution in [3.05, 3.63) is 87.9 Å². The van der Waals surface area contributed by atoms with Crippen LogP contribution in [0, 0.1) is 27.7 Å². The first-order valence-corrected chi connectivity index (χ1v) is 11.6. The number of carbonyl (C=O) groups excluding carboxylic acids is 1. The van der Waals surface area contributed by atoms with Crippen LogP contribution in [0.3, 0.4) is 0 Å². The van der Waals surface area contributed by atoms with Gasteiger partial charge >= 0.3 is 0 Å². The van der Waals surface area contributed by atoms with E-state index in [1.54, 1.807) is 48.5 Å². The van der Waals surface area contributed by atoms with Gasteiger partial charge in [0.1, 0.15) is 6.54 Å². The van der Waals surface area contributed by atoms with Gasteiger partial charge in [0.15, 0.2) is 0 Å². The summed E-state index contributed by atoms with van der Waals surface area (Å²) in [6.45, 7) is 7.07. The number of benzene rings is 3. The molecule has 0 bridgehead atoms. The number of aryl methyl sites for hydroxylation is 4. The van der Waals surface area contributed by atoms with E-state index in [-0.39, 0.29) is 11.4 Å². The third-order valence-corrected chi connectivity index (χ3v) is 7.01. The van der Waals surface area contributed by atoms with Gasteiger partial charge in [0.2, 0.25) is 5.91 Å². The zero-order chi connectivity index (χ0) is 22.8. The molecule has 1 N–H and O–H groups in total. The molecule has 7 heteroatoms. The number of anilines is 2. The van der Waals surface area contributed by atoms with Gasteiger partial charge < -0.3 is 5.32 Å². The summed E-state index contributed by atoms with van der Waals surface area (Å²) in [5, 5.41) is 3.27. The molecule has 0 fully saturated rings. The van der Waals surface area contributed by atoms with Gasteiger partial charge in [-0.05, 0) is 74.7 Å². The van der Waals surface area contributed by atoms with Crippen molar-refractivity contribution in [2.45, 2.75) is 32.6 Å². The summed E-state index contributed by atoms with van der Waals surface area (Å²) in [5.41, 5.74) is 4.46. The van der Waals surface area contributed by atoms with Crippen LogP contribution in [0.2, 0.25) is 5.02 Å². The largest absolute Gasteiger partial charge is 0.324 e. The smallest absolute Gasteiger partial charge is 0.264 e. The van der Waals surface area contributed by atoms with E-state index in [1.165, 1.54) is 0 Å². The van der Waals surface area contributed by atoms with Crippen LogP contribution in [0.4, 0.5) is 11.4 Å². The van der Waals surface area contributed by atoms with Crippen molar-refractivity contribution < 1.29 is 13.2 Å². The number of amides is 1. The van der Waals surface area contributed by atoms with Gasteiger partial charge in [-0.1, -0.05) is 47.5 Å². The molecule has 3 aromatic rings. The number of hydrogen-bond acceptors (Lipinski definition) is 3. The Morgan fingerprint density at radius 1 is 0.871 bits per heavy atom. The van der Waals surface area contributed by atoms with E-state index in [9.17, 15) is 13.2 Å². The Labute approximate surface area is 188 Å². The van der Waals surface area contributed by atoms with Crippen LogP contribution in [0.5, 0.6) is 0 Å². The molecular formula is C24H25ClN2O3S. The van der Waals surface area contributed by atoms with E-state index < -0.39 is 15.9 Å². The molecule has 0 unspecified atom stereocenters. The van der Waals surface area contributed by atoms with Crippen LogP contribution >= 0.6 is 11.6 Å². The van der Waals surface area contributed by atoms with E-state index in [0.717, 1.165) is 26.6 Å². The first-order valence-electron chi connectivity index (χ1n) is 9.80. The van der Waals surface area contributed by atoms with E-state index in [2.05, 4.69) is 5.32 Å². The molecule has 0 saturated heterocycles. The van der Waals surface area contributed by atoms with Gasteiger partial charge in [-0.25, -0.2) is 8.42 Å². The predicted molar refractivity (Wildman–Crippen MR) is 126 cm³/mol. The Balaban J connectivity index is 2.02. The van der Waals surface area contributed by atoms with E-state index >= 15 is 0 Å². The van der Waals surface area contributed by atoms with Gasteiger partial charge in [0.05, 0.1) is 10.6 Å². The molecule has 0 atom stereocenters. The second-order valence-corrected chi connectivity index (χ2v) is 9.92. The topological polar surface area (TPSA) is 66.5 Å². The number of carbonyl (C=O) groups is 1. The molecule has 0 spiro atoms. The number of hydrogen-bond donors (Lipinski definition) is 1. The fraction of sp³-hybridized carbons (Fsp3) is 0.208. The molecule has 0 aliphatic heterocycles. The highest BCUT2D eigenvalue weighted by atomic mass is 35.5. The Morgan fingerprint density at radius 3 is 2.16 bits per heavy atom. The molecule has 5 nitrogen and oxygen atoms in total. The molecule has 0 aromatic heterocycles. The second kappa shape index (κ2) is 9.12. The normalized spacial score (nSPS) is 11.3. The number of halogens is 1. The number of rotatable bonds is 6. The molecule has 0 radical (unpaired) electrons. The highest BCUT2D eigenvalue weighted by Crippen LogP contribution is 2.28. The van der Waals surface area contributed by atoms with Gasteiger partial charge in [0.25, 0.3) is 10.0 Å². The minimum atomic E-state index is -3.97. The minimum Gasteiger partial charge on any atom is -0.324 e. The van der Waals surface area contributed by atoms with E-state index in [1.807, 2.05) is 39.8 Å². The molecule has 0 aliphatic rings. The quantitative estimate of drug-likeness (QED) is 0.539. The van der Waals surface area contributed by atoms with Crippen LogP contribution in [0.25, 0.3) is 0 Å². The molecular weight excluding hydrogens is 432 g/mol. The highest BCUT2D eigenvalue weighted by Gasteiger charge is 2.28. The van der Waals surface area contributed by atoms with Crippen molar-refractivity contribution >= 4 is 38.9 Å². The van der Waals surface area contributed by atoms with Gasteiger partial charge in [-0.2, -0.15) is 0 Å². The minimum absolute atomic E-state index is 0.130. The summed E-state index contributed by atoms with van der Waals surface area (Å²) >= 11 is 6.05. The van der Waals surface area contributed by atoms with Crippen LogP contribution in [0.1, 0.15) is 22.3 Å². The molecule has 3 rings (SSSR count). The third-order valence-electron chi connectivity index (χ3n) is 5.00. The predicted octanol–water partition coefficient (Wildman–Crippen LogP) is 5.41. The van der Waals surface area contributed by atoms with E-state index in [4.69, 9.17) is 11.6 Å². The monoisotopic (exact) mass is 456 g/mol. The summed E-state index contributed by atoms with van der Waals surface area (Å²) in [6.07, 6.45) is 0. The lowest BCUT2D eigenvalue weighted by molar-refractivity contribution is -0.114. The fourth-order valence-electron chi connectivity index (χ4n) is 3.17. The average Bonchev–Trinajstić information content (AvgIpc) is 2.71. The van der Waals surface area contributed by atoms with Crippen molar-refractivity contribution in [2.24, 2.45) is 0 Å². The molecule has 31 heavy (non-hydrogen) atoms. The van der Waals surface area contributed by atoms with Gasteiger partial charge in [-0.15, -0.1) is 0 Å². The highest BCUT2D eigenvalue weighted by molar-refractivity contribution is 7.92. The second-order valence-electron chi connectivity index (χ2n) is 7.62. The Bertz CT molecular complexity index is 1220. The summed E-state index contributed by atoms with van der Waals surface area (Å²) in [4.78, 5) is 13.1. The lowest BCUT2D eigenvalue weighted by Crippen LogP contribution is -2.38. The van der Waals surface area contributed by atoms with Crippen LogP contribution in [0.15, 0.2) is 65.6 Å². The summed E-state index contributed by atoms with van der Waals surface area (Å²) < 4.78 is 28.2. The molecule has 0 aliphatic carbocycles. The van der Waals surface area contributed by atoms with Gasteiger partial charge in [-0.3, -0.25) is 9.10 Å². The number of nitrogens with zero attached hydrogens (tertiary/aromatic N) is 1. The maximum absolute atomic E-state index is 13.5. The summed E-state index contributed by atoms with van der Waals surface area (Å²) in [7, 11) is -3.97. The van der Waals surface area contributed by atoms with Crippen molar-refractivity contribution in [3.8, 4) is 0 Å². The lowest BCUT2D eigenvalue weighted by atomic mass is 10.1. The molecule has 162 valence electrons. The van der Waals surface area contributed by atoms with Crippen LogP contribution in [-0.4, -0.2) is 20.9 Å². The van der Waals surface area contributed by atoms with Gasteiger partial charge in [0, 0.05) is 10.7 Å². The number of nitrogens with one attached hydrogen (secondary N) is 1. The first kappa shape index (κ1) is 22.8. The fourth-order valence-corrected chi connectivity index (χ4v) is 4.82. The van der Waals surface area contributed by atoms with Crippen LogP contribution in [-0.2, 0) is 14.8 Å². The molecule has 0 saturated carbocycles. The Hall–Kier alpha value is -2.83. The zero-order valence-corrected chi connectivity index (χ0v) is 19.5.